The minimum atomic E-state index is -1.06. The van der Waals surface area contributed by atoms with E-state index < -0.39 is 23.0 Å². The Hall–Kier alpha value is -1.29. The molecule has 4 heteroatoms. The zero-order chi connectivity index (χ0) is 13.1. The van der Waals surface area contributed by atoms with Gasteiger partial charge in [-0.3, -0.25) is 4.79 Å². The molecule has 0 bridgehead atoms. The summed E-state index contributed by atoms with van der Waals surface area (Å²) in [5, 5.41) is 0. The first-order valence-corrected chi connectivity index (χ1v) is 5.58. The first-order valence-electron chi connectivity index (χ1n) is 5.58. The Morgan fingerprint density at radius 3 is 2.47 bits per heavy atom. The Labute approximate surface area is 99.6 Å². The van der Waals surface area contributed by atoms with Crippen LogP contribution >= 0.6 is 0 Å². The van der Waals surface area contributed by atoms with Crippen LogP contribution in [0.2, 0.25) is 0 Å². The second-order valence-corrected chi connectivity index (χ2v) is 3.97. The summed E-state index contributed by atoms with van der Waals surface area (Å²) in [5.74, 6) is -2.01. The molecule has 0 aliphatic rings. The van der Waals surface area contributed by atoms with E-state index in [1.807, 2.05) is 0 Å². The highest BCUT2D eigenvalue weighted by atomic mass is 19.1. The molecule has 1 aromatic rings. The molecule has 0 radical (unpaired) electrons. The van der Waals surface area contributed by atoms with Gasteiger partial charge in [0.1, 0.15) is 17.2 Å². The highest BCUT2D eigenvalue weighted by molar-refractivity contribution is 6.02. The predicted molar refractivity (Wildman–Crippen MR) is 61.0 cm³/mol. The lowest BCUT2D eigenvalue weighted by Crippen LogP contribution is -2.38. The van der Waals surface area contributed by atoms with Crippen molar-refractivity contribution >= 4 is 5.78 Å². The number of carbonyl (C=O) groups excluding carboxylic acids is 1. The summed E-state index contributed by atoms with van der Waals surface area (Å²) in [6.45, 7) is 5.53. The van der Waals surface area contributed by atoms with Crippen LogP contribution in [0.25, 0.3) is 0 Å². The topological polar surface area (TPSA) is 26.3 Å². The molecule has 1 atom stereocenters. The highest BCUT2D eigenvalue weighted by Crippen LogP contribution is 2.23. The number of rotatable bonds is 5. The van der Waals surface area contributed by atoms with Crippen LogP contribution in [0, 0.1) is 11.6 Å². The van der Waals surface area contributed by atoms with Crippen LogP contribution in [0.1, 0.15) is 37.6 Å². The van der Waals surface area contributed by atoms with Crippen LogP contribution in [0.4, 0.5) is 8.78 Å². The molecule has 0 heterocycles. The Bertz CT molecular complexity index is 418. The van der Waals surface area contributed by atoms with E-state index in [2.05, 4.69) is 0 Å². The molecule has 0 saturated carbocycles. The number of benzene rings is 1. The monoisotopic (exact) mass is 242 g/mol. The van der Waals surface area contributed by atoms with Crippen molar-refractivity contribution in [2.45, 2.75) is 32.8 Å². The van der Waals surface area contributed by atoms with Crippen LogP contribution < -0.4 is 0 Å². The van der Waals surface area contributed by atoms with Gasteiger partial charge in [-0.2, -0.15) is 0 Å². The average Bonchev–Trinajstić information content (AvgIpc) is 2.28. The van der Waals surface area contributed by atoms with E-state index in [4.69, 9.17) is 4.74 Å². The molecule has 0 amide bonds. The lowest BCUT2D eigenvalue weighted by molar-refractivity contribution is -0.0118. The molecule has 0 aliphatic heterocycles. The van der Waals surface area contributed by atoms with Crippen LogP contribution in [0.5, 0.6) is 0 Å². The molecule has 2 nitrogen and oxygen atoms in total. The van der Waals surface area contributed by atoms with E-state index in [9.17, 15) is 13.6 Å². The summed E-state index contributed by atoms with van der Waals surface area (Å²) in [6, 6.07) is 2.92. The van der Waals surface area contributed by atoms with Crippen LogP contribution in [0.15, 0.2) is 18.2 Å². The first-order chi connectivity index (χ1) is 7.94. The van der Waals surface area contributed by atoms with Gasteiger partial charge < -0.3 is 4.74 Å². The number of ketones is 1. The van der Waals surface area contributed by atoms with Crippen molar-refractivity contribution in [3.05, 3.63) is 35.4 Å². The van der Waals surface area contributed by atoms with Gasteiger partial charge in [-0.25, -0.2) is 8.78 Å². The summed E-state index contributed by atoms with van der Waals surface area (Å²) in [7, 11) is 0. The second kappa shape index (κ2) is 5.36. The molecule has 0 saturated heterocycles. The lowest BCUT2D eigenvalue weighted by atomic mass is 9.91. The smallest absolute Gasteiger partial charge is 0.197 e. The zero-order valence-corrected chi connectivity index (χ0v) is 10.2. The molecular formula is C13H16F2O2. The molecule has 0 spiro atoms. The maximum atomic E-state index is 13.5. The van der Waals surface area contributed by atoms with Crippen LogP contribution in [-0.4, -0.2) is 18.0 Å². The first kappa shape index (κ1) is 13.8. The van der Waals surface area contributed by atoms with Crippen LogP contribution in [0.3, 0.4) is 0 Å². The number of Topliss-reactive ketones (excluding diaryl/α,β-unsaturated/α-hetero) is 1. The summed E-state index contributed by atoms with van der Waals surface area (Å²) < 4.78 is 31.6. The minimum Gasteiger partial charge on any atom is -0.367 e. The Kier molecular flexibility index (Phi) is 4.34. The lowest BCUT2D eigenvalue weighted by Gasteiger charge is -2.26. The van der Waals surface area contributed by atoms with Crippen molar-refractivity contribution < 1.29 is 18.3 Å². The third-order valence-electron chi connectivity index (χ3n) is 2.79. The molecule has 0 aliphatic carbocycles. The SMILES string of the molecule is CCOC(C)(CC)C(=O)c1ccc(F)cc1F. The predicted octanol–water partition coefficient (Wildman–Crippen LogP) is 3.35. The van der Waals surface area contributed by atoms with Gasteiger partial charge in [-0.15, -0.1) is 0 Å². The van der Waals surface area contributed by atoms with E-state index in [-0.39, 0.29) is 5.56 Å². The van der Waals surface area contributed by atoms with Gasteiger partial charge in [0.25, 0.3) is 0 Å². The van der Waals surface area contributed by atoms with E-state index in [1.54, 1.807) is 20.8 Å². The normalized spacial score (nSPS) is 14.4. The second-order valence-electron chi connectivity index (χ2n) is 3.97. The number of carbonyl (C=O) groups is 1. The fourth-order valence-electron chi connectivity index (χ4n) is 1.61. The van der Waals surface area contributed by atoms with E-state index in [0.717, 1.165) is 12.1 Å². The molecule has 94 valence electrons. The fraction of sp³-hybridized carbons (Fsp3) is 0.462. The van der Waals surface area contributed by atoms with E-state index in [1.165, 1.54) is 0 Å². The highest BCUT2D eigenvalue weighted by Gasteiger charge is 2.34. The Balaban J connectivity index is 3.10. The van der Waals surface area contributed by atoms with Crippen molar-refractivity contribution in [3.63, 3.8) is 0 Å². The maximum absolute atomic E-state index is 13.5. The van der Waals surface area contributed by atoms with Gasteiger partial charge in [0.15, 0.2) is 5.78 Å². The zero-order valence-electron chi connectivity index (χ0n) is 10.2. The standard InChI is InChI=1S/C13H16F2O2/c1-4-13(3,17-5-2)12(16)10-7-6-9(14)8-11(10)15/h6-8H,4-5H2,1-3H3. The maximum Gasteiger partial charge on any atom is 0.197 e. The summed E-state index contributed by atoms with van der Waals surface area (Å²) in [5.41, 5.74) is -1.20. The molecule has 0 fully saturated rings. The number of hydrogen-bond acceptors (Lipinski definition) is 2. The average molecular weight is 242 g/mol. The summed E-state index contributed by atoms with van der Waals surface area (Å²) >= 11 is 0. The van der Waals surface area contributed by atoms with Gasteiger partial charge in [0.05, 0.1) is 5.56 Å². The van der Waals surface area contributed by atoms with Gasteiger partial charge in [0.2, 0.25) is 0 Å². The third-order valence-corrected chi connectivity index (χ3v) is 2.79. The van der Waals surface area contributed by atoms with E-state index in [0.29, 0.717) is 19.1 Å². The van der Waals surface area contributed by atoms with Crippen molar-refractivity contribution in [1.29, 1.82) is 0 Å². The fourth-order valence-corrected chi connectivity index (χ4v) is 1.61. The molecule has 17 heavy (non-hydrogen) atoms. The number of halogens is 2. The molecule has 0 aromatic heterocycles. The van der Waals surface area contributed by atoms with Gasteiger partial charge in [-0.1, -0.05) is 6.92 Å². The largest absolute Gasteiger partial charge is 0.367 e. The Morgan fingerprint density at radius 2 is 2.00 bits per heavy atom. The van der Waals surface area contributed by atoms with E-state index >= 15 is 0 Å². The van der Waals surface area contributed by atoms with Crippen molar-refractivity contribution in [1.82, 2.24) is 0 Å². The van der Waals surface area contributed by atoms with Gasteiger partial charge in [0, 0.05) is 12.7 Å². The molecule has 0 N–H and O–H groups in total. The number of ether oxygens (including phenoxy) is 1. The summed E-state index contributed by atoms with van der Waals surface area (Å²) in [4.78, 5) is 12.1. The molecule has 1 rings (SSSR count). The van der Waals surface area contributed by atoms with Crippen LogP contribution in [-0.2, 0) is 4.74 Å². The van der Waals surface area contributed by atoms with Gasteiger partial charge in [-0.05, 0) is 32.4 Å². The Morgan fingerprint density at radius 1 is 1.35 bits per heavy atom. The van der Waals surface area contributed by atoms with Crippen molar-refractivity contribution in [2.24, 2.45) is 0 Å². The van der Waals surface area contributed by atoms with Crippen molar-refractivity contribution in [3.8, 4) is 0 Å². The quantitative estimate of drug-likeness (QED) is 0.740. The molecule has 1 aromatic carbocycles. The minimum absolute atomic E-state index is 0.135. The molecular weight excluding hydrogens is 226 g/mol. The third kappa shape index (κ3) is 2.88. The molecule has 1 unspecified atom stereocenters. The summed E-state index contributed by atoms with van der Waals surface area (Å²) in [6.07, 6.45) is 0.427. The number of hydrogen-bond donors (Lipinski definition) is 0. The van der Waals surface area contributed by atoms with Crippen molar-refractivity contribution in [2.75, 3.05) is 6.61 Å². The van der Waals surface area contributed by atoms with Gasteiger partial charge >= 0.3 is 0 Å².